The number of ether oxygens (including phenoxy) is 1. The molecule has 3 rings (SSSR count). The zero-order valence-electron chi connectivity index (χ0n) is 10.6. The van der Waals surface area contributed by atoms with Crippen LogP contribution in [0.4, 0.5) is 0 Å². The molecule has 0 unspecified atom stereocenters. The van der Waals surface area contributed by atoms with Crippen LogP contribution in [0.3, 0.4) is 0 Å². The molecule has 0 aromatic heterocycles. The molecular formula is C16H17NOS. The van der Waals surface area contributed by atoms with Crippen LogP contribution in [-0.4, -0.2) is 17.5 Å². The average molecular weight is 271 g/mol. The molecule has 0 amide bonds. The molecule has 0 aliphatic carbocycles. The van der Waals surface area contributed by atoms with Crippen LogP contribution in [0.2, 0.25) is 0 Å². The SMILES string of the molecule is SN1CCO[C@H](c2ccccc2)[C@@H]1c1ccccc1. The van der Waals surface area contributed by atoms with E-state index in [0.29, 0.717) is 6.61 Å². The van der Waals surface area contributed by atoms with Crippen LogP contribution < -0.4 is 0 Å². The topological polar surface area (TPSA) is 12.5 Å². The average Bonchev–Trinajstić information content (AvgIpc) is 2.49. The van der Waals surface area contributed by atoms with Gasteiger partial charge in [0.1, 0.15) is 6.10 Å². The Morgan fingerprint density at radius 3 is 2.11 bits per heavy atom. The molecule has 0 N–H and O–H groups in total. The van der Waals surface area contributed by atoms with Gasteiger partial charge >= 0.3 is 0 Å². The van der Waals surface area contributed by atoms with Gasteiger partial charge in [0, 0.05) is 6.54 Å². The molecule has 1 aliphatic heterocycles. The van der Waals surface area contributed by atoms with Crippen molar-refractivity contribution >= 4 is 12.8 Å². The summed E-state index contributed by atoms with van der Waals surface area (Å²) < 4.78 is 8.09. The van der Waals surface area contributed by atoms with Crippen LogP contribution >= 0.6 is 12.8 Å². The fourth-order valence-electron chi connectivity index (χ4n) is 2.58. The lowest BCUT2D eigenvalue weighted by Gasteiger charge is -2.38. The molecule has 1 saturated heterocycles. The second kappa shape index (κ2) is 5.78. The van der Waals surface area contributed by atoms with Crippen LogP contribution in [0.1, 0.15) is 23.3 Å². The van der Waals surface area contributed by atoms with Crippen molar-refractivity contribution in [1.29, 1.82) is 0 Å². The van der Waals surface area contributed by atoms with Gasteiger partial charge in [0.15, 0.2) is 0 Å². The molecule has 98 valence electrons. The van der Waals surface area contributed by atoms with E-state index in [4.69, 9.17) is 4.74 Å². The first-order valence-electron chi connectivity index (χ1n) is 6.53. The monoisotopic (exact) mass is 271 g/mol. The highest BCUT2D eigenvalue weighted by atomic mass is 32.1. The normalized spacial score (nSPS) is 24.3. The van der Waals surface area contributed by atoms with Crippen LogP contribution in [0.25, 0.3) is 0 Å². The van der Waals surface area contributed by atoms with E-state index >= 15 is 0 Å². The van der Waals surface area contributed by atoms with Gasteiger partial charge in [-0.2, -0.15) is 0 Å². The summed E-state index contributed by atoms with van der Waals surface area (Å²) in [4.78, 5) is 0. The van der Waals surface area contributed by atoms with Gasteiger partial charge in [-0.3, -0.25) is 0 Å². The predicted molar refractivity (Wildman–Crippen MR) is 80.0 cm³/mol. The molecular weight excluding hydrogens is 254 g/mol. The van der Waals surface area contributed by atoms with E-state index in [0.717, 1.165) is 6.54 Å². The van der Waals surface area contributed by atoms with Gasteiger partial charge in [-0.25, -0.2) is 4.31 Å². The molecule has 2 aromatic rings. The molecule has 1 heterocycles. The minimum absolute atomic E-state index is 0.0369. The van der Waals surface area contributed by atoms with Gasteiger partial charge < -0.3 is 4.74 Å². The molecule has 2 aromatic carbocycles. The summed E-state index contributed by atoms with van der Waals surface area (Å²) >= 11 is 4.63. The maximum absolute atomic E-state index is 6.01. The lowest BCUT2D eigenvalue weighted by Crippen LogP contribution is -2.35. The summed E-state index contributed by atoms with van der Waals surface area (Å²) in [6, 6.07) is 21.0. The third kappa shape index (κ3) is 2.68. The second-order valence-electron chi connectivity index (χ2n) is 4.72. The van der Waals surface area contributed by atoms with Gasteiger partial charge in [-0.15, -0.1) is 0 Å². The molecule has 2 atom stereocenters. The Balaban J connectivity index is 1.97. The summed E-state index contributed by atoms with van der Waals surface area (Å²) in [6.07, 6.45) is 0.0369. The minimum atomic E-state index is 0.0369. The smallest absolute Gasteiger partial charge is 0.103 e. The Bertz CT molecular complexity index is 517. The Hall–Kier alpha value is -1.29. The molecule has 0 radical (unpaired) electrons. The van der Waals surface area contributed by atoms with Crippen LogP contribution in [0.15, 0.2) is 60.7 Å². The van der Waals surface area contributed by atoms with Crippen molar-refractivity contribution in [2.24, 2.45) is 0 Å². The first kappa shape index (κ1) is 12.7. The lowest BCUT2D eigenvalue weighted by molar-refractivity contribution is -0.0393. The molecule has 0 spiro atoms. The Kier molecular flexibility index (Phi) is 3.87. The first-order chi connectivity index (χ1) is 9.36. The lowest BCUT2D eigenvalue weighted by atomic mass is 9.94. The Labute approximate surface area is 119 Å². The van der Waals surface area contributed by atoms with E-state index in [1.54, 1.807) is 0 Å². The first-order valence-corrected chi connectivity index (χ1v) is 6.93. The molecule has 0 saturated carbocycles. The van der Waals surface area contributed by atoms with Gasteiger partial charge in [0.05, 0.1) is 12.6 Å². The summed E-state index contributed by atoms with van der Waals surface area (Å²) in [5.74, 6) is 0. The fourth-order valence-corrected chi connectivity index (χ4v) is 2.91. The quantitative estimate of drug-likeness (QED) is 0.837. The van der Waals surface area contributed by atoms with Gasteiger partial charge in [0.2, 0.25) is 0 Å². The van der Waals surface area contributed by atoms with E-state index in [9.17, 15) is 0 Å². The third-order valence-electron chi connectivity index (χ3n) is 3.49. The van der Waals surface area contributed by atoms with E-state index in [-0.39, 0.29) is 12.1 Å². The second-order valence-corrected chi connectivity index (χ2v) is 5.23. The number of hydrogen-bond donors (Lipinski definition) is 1. The summed E-state index contributed by atoms with van der Waals surface area (Å²) in [5, 5.41) is 0. The largest absolute Gasteiger partial charge is 0.370 e. The molecule has 19 heavy (non-hydrogen) atoms. The molecule has 1 aliphatic rings. The number of nitrogens with zero attached hydrogens (tertiary/aromatic N) is 1. The van der Waals surface area contributed by atoms with Crippen LogP contribution in [0.5, 0.6) is 0 Å². The van der Waals surface area contributed by atoms with Crippen LogP contribution in [-0.2, 0) is 4.74 Å². The van der Waals surface area contributed by atoms with E-state index in [1.807, 2.05) is 12.1 Å². The molecule has 3 heteroatoms. The fraction of sp³-hybridized carbons (Fsp3) is 0.250. The number of benzene rings is 2. The number of hydrogen-bond acceptors (Lipinski definition) is 3. The highest BCUT2D eigenvalue weighted by molar-refractivity contribution is 7.77. The standard InChI is InChI=1S/C16H17NOS/c19-17-11-12-18-16(14-9-5-2-6-10-14)15(17)13-7-3-1-4-8-13/h1-10,15-16,19H,11-12H2/t15-,16+/m0/s1. The van der Waals surface area contributed by atoms with E-state index < -0.39 is 0 Å². The summed E-state index contributed by atoms with van der Waals surface area (Å²) in [6.45, 7) is 1.55. The summed E-state index contributed by atoms with van der Waals surface area (Å²) in [5.41, 5.74) is 2.45. The minimum Gasteiger partial charge on any atom is -0.370 e. The van der Waals surface area contributed by atoms with E-state index in [2.05, 4.69) is 65.7 Å². The molecule has 0 bridgehead atoms. The zero-order chi connectivity index (χ0) is 13.1. The Morgan fingerprint density at radius 1 is 0.895 bits per heavy atom. The number of rotatable bonds is 2. The molecule has 1 fully saturated rings. The van der Waals surface area contributed by atoms with Gasteiger partial charge in [-0.05, 0) is 11.1 Å². The summed E-state index contributed by atoms with van der Waals surface area (Å²) in [7, 11) is 0. The highest BCUT2D eigenvalue weighted by Gasteiger charge is 2.33. The van der Waals surface area contributed by atoms with Crippen molar-refractivity contribution in [3.05, 3.63) is 71.8 Å². The number of morpholine rings is 1. The Morgan fingerprint density at radius 2 is 1.47 bits per heavy atom. The van der Waals surface area contributed by atoms with Crippen molar-refractivity contribution < 1.29 is 4.74 Å². The van der Waals surface area contributed by atoms with E-state index in [1.165, 1.54) is 11.1 Å². The number of thiol groups is 1. The van der Waals surface area contributed by atoms with Crippen molar-refractivity contribution in [3.63, 3.8) is 0 Å². The van der Waals surface area contributed by atoms with Crippen molar-refractivity contribution in [3.8, 4) is 0 Å². The van der Waals surface area contributed by atoms with Crippen molar-refractivity contribution in [2.75, 3.05) is 13.2 Å². The maximum atomic E-state index is 6.01. The molecule has 2 nitrogen and oxygen atoms in total. The zero-order valence-corrected chi connectivity index (χ0v) is 11.5. The third-order valence-corrected chi connectivity index (χ3v) is 3.94. The van der Waals surface area contributed by atoms with Gasteiger partial charge in [0.25, 0.3) is 0 Å². The maximum Gasteiger partial charge on any atom is 0.103 e. The van der Waals surface area contributed by atoms with Crippen LogP contribution in [0, 0.1) is 0 Å². The van der Waals surface area contributed by atoms with Gasteiger partial charge in [-0.1, -0.05) is 73.5 Å². The van der Waals surface area contributed by atoms with Crippen molar-refractivity contribution in [1.82, 2.24) is 4.31 Å². The van der Waals surface area contributed by atoms with Crippen molar-refractivity contribution in [2.45, 2.75) is 12.1 Å². The highest BCUT2D eigenvalue weighted by Crippen LogP contribution is 2.40. The predicted octanol–water partition coefficient (Wildman–Crippen LogP) is 3.65.